The Hall–Kier alpha value is -1.52. The molecule has 3 nitrogen and oxygen atoms in total. The Morgan fingerprint density at radius 3 is 2.80 bits per heavy atom. The van der Waals surface area contributed by atoms with E-state index in [1.165, 1.54) is 11.1 Å². The number of rotatable bonds is 5. The van der Waals surface area contributed by atoms with E-state index in [-0.39, 0.29) is 0 Å². The molecule has 0 saturated heterocycles. The standard InChI is InChI=1S/C16H19NO2S/c1-12(8-14-4-7-20-11-14)17-10-13-2-3-15-16(9-13)19-6-5-18-15/h2-4,7,9,11-12,17H,5-6,8,10H2,1H3. The zero-order chi connectivity index (χ0) is 13.8. The third-order valence-electron chi connectivity index (χ3n) is 3.38. The van der Waals surface area contributed by atoms with Gasteiger partial charge in [0.15, 0.2) is 11.5 Å². The number of thiophene rings is 1. The highest BCUT2D eigenvalue weighted by atomic mass is 32.1. The molecular formula is C16H19NO2S. The van der Waals surface area contributed by atoms with E-state index in [1.54, 1.807) is 11.3 Å². The van der Waals surface area contributed by atoms with Crippen LogP contribution in [0.15, 0.2) is 35.0 Å². The Morgan fingerprint density at radius 2 is 2.00 bits per heavy atom. The number of hydrogen-bond acceptors (Lipinski definition) is 4. The molecule has 1 aliphatic rings. The quantitative estimate of drug-likeness (QED) is 0.916. The molecule has 3 rings (SSSR count). The van der Waals surface area contributed by atoms with Crippen molar-refractivity contribution in [2.45, 2.75) is 25.9 Å². The van der Waals surface area contributed by atoms with Gasteiger partial charge in [0.2, 0.25) is 0 Å². The molecule has 1 aliphatic heterocycles. The molecule has 4 heteroatoms. The fourth-order valence-corrected chi connectivity index (χ4v) is 3.01. The van der Waals surface area contributed by atoms with Crippen molar-refractivity contribution in [3.05, 3.63) is 46.2 Å². The molecule has 1 aromatic carbocycles. The normalized spacial score (nSPS) is 15.1. The SMILES string of the molecule is CC(Cc1ccsc1)NCc1ccc2c(c1)OCCO2. The maximum Gasteiger partial charge on any atom is 0.161 e. The minimum Gasteiger partial charge on any atom is -0.486 e. The van der Waals surface area contributed by atoms with Crippen LogP contribution >= 0.6 is 11.3 Å². The molecule has 0 amide bonds. The molecule has 2 aromatic rings. The van der Waals surface area contributed by atoms with E-state index in [4.69, 9.17) is 9.47 Å². The van der Waals surface area contributed by atoms with Crippen molar-refractivity contribution in [3.8, 4) is 11.5 Å². The monoisotopic (exact) mass is 289 g/mol. The van der Waals surface area contributed by atoms with Crippen LogP contribution < -0.4 is 14.8 Å². The molecule has 0 fully saturated rings. The minimum atomic E-state index is 0.456. The first-order chi connectivity index (χ1) is 9.81. The molecule has 1 aromatic heterocycles. The first kappa shape index (κ1) is 13.5. The van der Waals surface area contributed by atoms with Crippen molar-refractivity contribution in [1.29, 1.82) is 0 Å². The summed E-state index contributed by atoms with van der Waals surface area (Å²) < 4.78 is 11.1. The molecule has 0 spiro atoms. The summed E-state index contributed by atoms with van der Waals surface area (Å²) in [5, 5.41) is 7.89. The van der Waals surface area contributed by atoms with Gasteiger partial charge in [0.25, 0.3) is 0 Å². The summed E-state index contributed by atoms with van der Waals surface area (Å²) in [5.41, 5.74) is 2.63. The van der Waals surface area contributed by atoms with Crippen molar-refractivity contribution in [2.75, 3.05) is 13.2 Å². The van der Waals surface area contributed by atoms with Gasteiger partial charge >= 0.3 is 0 Å². The molecule has 0 saturated carbocycles. The van der Waals surface area contributed by atoms with Crippen molar-refractivity contribution in [1.82, 2.24) is 5.32 Å². The second-order valence-electron chi connectivity index (χ2n) is 5.10. The van der Waals surface area contributed by atoms with Crippen LogP contribution in [-0.2, 0) is 13.0 Å². The average molecular weight is 289 g/mol. The van der Waals surface area contributed by atoms with E-state index in [1.807, 2.05) is 6.07 Å². The summed E-state index contributed by atoms with van der Waals surface area (Å²) >= 11 is 1.75. The molecule has 1 unspecified atom stereocenters. The van der Waals surface area contributed by atoms with Crippen LogP contribution in [-0.4, -0.2) is 19.3 Å². The largest absolute Gasteiger partial charge is 0.486 e. The zero-order valence-electron chi connectivity index (χ0n) is 11.6. The van der Waals surface area contributed by atoms with Gasteiger partial charge in [0.05, 0.1) is 0 Å². The van der Waals surface area contributed by atoms with Crippen molar-refractivity contribution in [3.63, 3.8) is 0 Å². The van der Waals surface area contributed by atoms with Gasteiger partial charge in [0, 0.05) is 12.6 Å². The van der Waals surface area contributed by atoms with Gasteiger partial charge in [-0.25, -0.2) is 0 Å². The van der Waals surface area contributed by atoms with Crippen molar-refractivity contribution in [2.24, 2.45) is 0 Å². The third-order valence-corrected chi connectivity index (χ3v) is 4.12. The Balaban J connectivity index is 1.55. The number of ether oxygens (including phenoxy) is 2. The number of benzene rings is 1. The summed E-state index contributed by atoms with van der Waals surface area (Å²) in [6, 6.07) is 8.80. The first-order valence-corrected chi connectivity index (χ1v) is 7.88. The lowest BCUT2D eigenvalue weighted by Gasteiger charge is -2.19. The molecule has 2 heterocycles. The summed E-state index contributed by atoms with van der Waals surface area (Å²) in [7, 11) is 0. The predicted octanol–water partition coefficient (Wildman–Crippen LogP) is 3.24. The number of hydrogen-bond donors (Lipinski definition) is 1. The minimum absolute atomic E-state index is 0.456. The van der Waals surface area contributed by atoms with E-state index in [2.05, 4.69) is 41.2 Å². The highest BCUT2D eigenvalue weighted by Crippen LogP contribution is 2.30. The lowest BCUT2D eigenvalue weighted by Crippen LogP contribution is -2.27. The van der Waals surface area contributed by atoms with Gasteiger partial charge in [-0.15, -0.1) is 0 Å². The predicted molar refractivity (Wildman–Crippen MR) is 81.8 cm³/mol. The topological polar surface area (TPSA) is 30.5 Å². The first-order valence-electron chi connectivity index (χ1n) is 6.94. The Labute approximate surface area is 123 Å². The third kappa shape index (κ3) is 3.32. The molecule has 106 valence electrons. The van der Waals surface area contributed by atoms with E-state index < -0.39 is 0 Å². The van der Waals surface area contributed by atoms with Crippen LogP contribution in [0.4, 0.5) is 0 Å². The summed E-state index contributed by atoms with van der Waals surface area (Å²) in [5.74, 6) is 1.72. The highest BCUT2D eigenvalue weighted by Gasteiger charge is 2.12. The van der Waals surface area contributed by atoms with Gasteiger partial charge in [-0.3, -0.25) is 0 Å². The van der Waals surface area contributed by atoms with E-state index in [0.717, 1.165) is 24.5 Å². The molecule has 0 radical (unpaired) electrons. The van der Waals surface area contributed by atoms with E-state index in [0.29, 0.717) is 19.3 Å². The summed E-state index contributed by atoms with van der Waals surface area (Å²) in [4.78, 5) is 0. The van der Waals surface area contributed by atoms with Gasteiger partial charge in [-0.05, 0) is 53.4 Å². The summed E-state index contributed by atoms with van der Waals surface area (Å²) in [6.07, 6.45) is 1.06. The van der Waals surface area contributed by atoms with Crippen LogP contribution in [0.1, 0.15) is 18.1 Å². The van der Waals surface area contributed by atoms with E-state index in [9.17, 15) is 0 Å². The van der Waals surface area contributed by atoms with Crippen molar-refractivity contribution >= 4 is 11.3 Å². The molecule has 0 bridgehead atoms. The smallest absolute Gasteiger partial charge is 0.161 e. The maximum absolute atomic E-state index is 5.60. The lowest BCUT2D eigenvalue weighted by molar-refractivity contribution is 0.171. The van der Waals surface area contributed by atoms with Crippen molar-refractivity contribution < 1.29 is 9.47 Å². The number of fused-ring (bicyclic) bond motifs is 1. The maximum atomic E-state index is 5.60. The fraction of sp³-hybridized carbons (Fsp3) is 0.375. The average Bonchev–Trinajstić information content (AvgIpc) is 2.98. The second-order valence-corrected chi connectivity index (χ2v) is 5.88. The summed E-state index contributed by atoms with van der Waals surface area (Å²) in [6.45, 7) is 4.35. The van der Waals surface area contributed by atoms with Crippen LogP contribution in [0.25, 0.3) is 0 Å². The highest BCUT2D eigenvalue weighted by molar-refractivity contribution is 7.07. The molecule has 1 atom stereocenters. The van der Waals surface area contributed by atoms with Gasteiger partial charge in [-0.1, -0.05) is 6.07 Å². The van der Waals surface area contributed by atoms with Crippen LogP contribution in [0.2, 0.25) is 0 Å². The fourth-order valence-electron chi connectivity index (χ4n) is 2.32. The lowest BCUT2D eigenvalue weighted by atomic mass is 10.1. The molecule has 1 N–H and O–H groups in total. The Kier molecular flexibility index (Phi) is 4.23. The van der Waals surface area contributed by atoms with Crippen LogP contribution in [0.3, 0.4) is 0 Å². The number of nitrogens with one attached hydrogen (secondary N) is 1. The van der Waals surface area contributed by atoms with Gasteiger partial charge < -0.3 is 14.8 Å². The molecule has 20 heavy (non-hydrogen) atoms. The van der Waals surface area contributed by atoms with Crippen LogP contribution in [0.5, 0.6) is 11.5 Å². The zero-order valence-corrected chi connectivity index (χ0v) is 12.4. The van der Waals surface area contributed by atoms with Gasteiger partial charge in [0.1, 0.15) is 13.2 Å². The second kappa shape index (κ2) is 6.29. The van der Waals surface area contributed by atoms with E-state index >= 15 is 0 Å². The Bertz CT molecular complexity index is 554. The molecular weight excluding hydrogens is 270 g/mol. The Morgan fingerprint density at radius 1 is 1.15 bits per heavy atom. The van der Waals surface area contributed by atoms with Crippen LogP contribution in [0, 0.1) is 0 Å². The molecule has 0 aliphatic carbocycles. The van der Waals surface area contributed by atoms with Gasteiger partial charge in [-0.2, -0.15) is 11.3 Å².